The molecule has 3 aromatic rings. The number of benzene rings is 2. The van der Waals surface area contributed by atoms with Gasteiger partial charge in [-0.25, -0.2) is 0 Å². The van der Waals surface area contributed by atoms with Crippen molar-refractivity contribution in [3.63, 3.8) is 0 Å². The number of ether oxygens (including phenoxy) is 2. The minimum absolute atomic E-state index is 0.577. The van der Waals surface area contributed by atoms with E-state index in [-0.39, 0.29) is 0 Å². The van der Waals surface area contributed by atoms with Crippen LogP contribution in [0.3, 0.4) is 0 Å². The number of aromatic nitrogens is 4. The number of hydrogen-bond acceptors (Lipinski definition) is 6. The lowest BCUT2D eigenvalue weighted by molar-refractivity contribution is 0.337. The molecule has 130 valence electrons. The fourth-order valence-electron chi connectivity index (χ4n) is 2.33. The Kier molecular flexibility index (Phi) is 5.90. The van der Waals surface area contributed by atoms with Crippen LogP contribution in [0.15, 0.2) is 53.7 Å². The van der Waals surface area contributed by atoms with Crippen molar-refractivity contribution in [2.24, 2.45) is 0 Å². The molecule has 0 bridgehead atoms. The zero-order chi connectivity index (χ0) is 17.5. The van der Waals surface area contributed by atoms with Crippen molar-refractivity contribution in [3.05, 3.63) is 54.1 Å². The number of nitrogens with zero attached hydrogens (tertiary/aromatic N) is 4. The van der Waals surface area contributed by atoms with Crippen LogP contribution in [-0.4, -0.2) is 39.2 Å². The Hall–Kier alpha value is -2.54. The fourth-order valence-corrected chi connectivity index (χ4v) is 3.03. The molecular weight excluding hydrogens is 336 g/mol. The monoisotopic (exact) mass is 356 g/mol. The van der Waals surface area contributed by atoms with E-state index in [9.17, 15) is 0 Å². The topological polar surface area (TPSA) is 62.1 Å². The van der Waals surface area contributed by atoms with Gasteiger partial charge in [-0.05, 0) is 54.1 Å². The summed E-state index contributed by atoms with van der Waals surface area (Å²) in [5.74, 6) is 2.38. The summed E-state index contributed by atoms with van der Waals surface area (Å²) >= 11 is 1.55. The molecule has 0 saturated heterocycles. The van der Waals surface area contributed by atoms with Gasteiger partial charge >= 0.3 is 0 Å². The van der Waals surface area contributed by atoms with Gasteiger partial charge in [-0.2, -0.15) is 4.68 Å². The average molecular weight is 356 g/mol. The van der Waals surface area contributed by atoms with E-state index in [0.29, 0.717) is 18.4 Å². The van der Waals surface area contributed by atoms with Crippen LogP contribution >= 0.6 is 11.8 Å². The minimum Gasteiger partial charge on any atom is -0.493 e. The van der Waals surface area contributed by atoms with E-state index in [0.717, 1.165) is 22.9 Å². The van der Waals surface area contributed by atoms with E-state index in [1.54, 1.807) is 16.4 Å². The molecular formula is C18H20N4O2S. The molecule has 0 radical (unpaired) electrons. The summed E-state index contributed by atoms with van der Waals surface area (Å²) in [6.45, 7) is 5.17. The molecule has 0 fully saturated rings. The van der Waals surface area contributed by atoms with E-state index in [4.69, 9.17) is 9.47 Å². The first-order chi connectivity index (χ1) is 12.3. The van der Waals surface area contributed by atoms with Crippen LogP contribution in [0.4, 0.5) is 0 Å². The van der Waals surface area contributed by atoms with Crippen molar-refractivity contribution in [1.29, 1.82) is 0 Å². The molecule has 25 heavy (non-hydrogen) atoms. The summed E-state index contributed by atoms with van der Waals surface area (Å²) in [4.78, 5) is 0. The van der Waals surface area contributed by atoms with Gasteiger partial charge in [0.1, 0.15) is 17.2 Å². The van der Waals surface area contributed by atoms with E-state index in [2.05, 4.69) is 15.5 Å². The molecule has 0 aliphatic carbocycles. The van der Waals surface area contributed by atoms with Crippen LogP contribution < -0.4 is 9.47 Å². The predicted octanol–water partition coefficient (Wildman–Crippen LogP) is 3.54. The van der Waals surface area contributed by atoms with Crippen molar-refractivity contribution < 1.29 is 9.47 Å². The Morgan fingerprint density at radius 3 is 2.80 bits per heavy atom. The van der Waals surface area contributed by atoms with Gasteiger partial charge in [0.15, 0.2) is 0 Å². The molecule has 1 heterocycles. The molecule has 0 saturated carbocycles. The van der Waals surface area contributed by atoms with E-state index in [1.165, 1.54) is 5.56 Å². The van der Waals surface area contributed by atoms with Crippen LogP contribution in [0.25, 0.3) is 5.69 Å². The summed E-state index contributed by atoms with van der Waals surface area (Å²) in [6.07, 6.45) is 0. The quantitative estimate of drug-likeness (QED) is 0.454. The lowest BCUT2D eigenvalue weighted by atomic mass is 10.2. The first kappa shape index (κ1) is 17.3. The maximum atomic E-state index is 5.77. The largest absolute Gasteiger partial charge is 0.493 e. The lowest BCUT2D eigenvalue weighted by Crippen LogP contribution is -2.05. The second-order valence-corrected chi connectivity index (χ2v) is 6.35. The number of tetrazole rings is 1. The minimum atomic E-state index is 0.577. The fraction of sp³-hybridized carbons (Fsp3) is 0.278. The normalized spacial score (nSPS) is 10.6. The third-order valence-electron chi connectivity index (χ3n) is 3.41. The first-order valence-corrected chi connectivity index (χ1v) is 9.09. The average Bonchev–Trinajstić information content (AvgIpc) is 3.08. The molecule has 0 N–H and O–H groups in total. The Balaban J connectivity index is 1.63. The summed E-state index contributed by atoms with van der Waals surface area (Å²) in [7, 11) is 0. The van der Waals surface area contributed by atoms with Gasteiger partial charge in [0.2, 0.25) is 5.16 Å². The smallest absolute Gasteiger partial charge is 0.214 e. The molecule has 6 nitrogen and oxygen atoms in total. The molecule has 0 amide bonds. The first-order valence-electron chi connectivity index (χ1n) is 8.11. The Morgan fingerprint density at radius 2 is 1.96 bits per heavy atom. The van der Waals surface area contributed by atoms with Crippen LogP contribution in [0.5, 0.6) is 11.5 Å². The van der Waals surface area contributed by atoms with Gasteiger partial charge in [-0.3, -0.25) is 0 Å². The van der Waals surface area contributed by atoms with Crippen molar-refractivity contribution in [1.82, 2.24) is 20.2 Å². The van der Waals surface area contributed by atoms with Crippen molar-refractivity contribution in [2.75, 3.05) is 19.0 Å². The summed E-state index contributed by atoms with van der Waals surface area (Å²) in [5, 5.41) is 12.7. The highest BCUT2D eigenvalue weighted by atomic mass is 32.2. The SMILES string of the molecule is CCOc1ccccc1-n1nnnc1SCCOc1cccc(C)c1. The standard InChI is InChI=1S/C18H20N4O2S/c1-3-23-17-10-5-4-9-16(17)22-18(19-20-21-22)25-12-11-24-15-8-6-7-14(2)13-15/h4-10,13H,3,11-12H2,1-2H3. The predicted molar refractivity (Wildman–Crippen MR) is 97.7 cm³/mol. The van der Waals surface area contributed by atoms with E-state index < -0.39 is 0 Å². The molecule has 0 atom stereocenters. The zero-order valence-corrected chi connectivity index (χ0v) is 15.1. The van der Waals surface area contributed by atoms with Gasteiger partial charge in [-0.1, -0.05) is 36.0 Å². The molecule has 1 aromatic heterocycles. The van der Waals surface area contributed by atoms with Gasteiger partial charge in [0.05, 0.1) is 13.2 Å². The zero-order valence-electron chi connectivity index (χ0n) is 14.3. The highest BCUT2D eigenvalue weighted by molar-refractivity contribution is 7.99. The van der Waals surface area contributed by atoms with Gasteiger partial charge in [0, 0.05) is 5.75 Å². The summed E-state index contributed by atoms with van der Waals surface area (Å²) < 4.78 is 13.1. The molecule has 0 unspecified atom stereocenters. The molecule has 3 rings (SSSR count). The molecule has 2 aromatic carbocycles. The number of para-hydroxylation sites is 2. The van der Waals surface area contributed by atoms with Gasteiger partial charge < -0.3 is 9.47 Å². The third kappa shape index (κ3) is 4.51. The Labute approximate surface area is 151 Å². The maximum Gasteiger partial charge on any atom is 0.214 e. The number of hydrogen-bond donors (Lipinski definition) is 0. The van der Waals surface area contributed by atoms with E-state index in [1.807, 2.05) is 62.4 Å². The summed E-state index contributed by atoms with van der Waals surface area (Å²) in [5.41, 5.74) is 2.01. The molecule has 0 aliphatic rings. The number of aryl methyl sites for hydroxylation is 1. The van der Waals surface area contributed by atoms with E-state index >= 15 is 0 Å². The Morgan fingerprint density at radius 1 is 1.08 bits per heavy atom. The van der Waals surface area contributed by atoms with Crippen LogP contribution in [0.2, 0.25) is 0 Å². The third-order valence-corrected chi connectivity index (χ3v) is 4.29. The van der Waals surface area contributed by atoms with Gasteiger partial charge in [0.25, 0.3) is 0 Å². The summed E-state index contributed by atoms with van der Waals surface area (Å²) in [6, 6.07) is 15.7. The second kappa shape index (κ2) is 8.53. The lowest BCUT2D eigenvalue weighted by Gasteiger charge is -2.10. The molecule has 0 aliphatic heterocycles. The molecule has 7 heteroatoms. The van der Waals surface area contributed by atoms with Crippen molar-refractivity contribution in [3.8, 4) is 17.2 Å². The second-order valence-electron chi connectivity index (χ2n) is 5.29. The highest BCUT2D eigenvalue weighted by Crippen LogP contribution is 2.26. The van der Waals surface area contributed by atoms with Crippen LogP contribution in [0.1, 0.15) is 12.5 Å². The van der Waals surface area contributed by atoms with Crippen LogP contribution in [-0.2, 0) is 0 Å². The van der Waals surface area contributed by atoms with Crippen molar-refractivity contribution >= 4 is 11.8 Å². The number of thioether (sulfide) groups is 1. The Bertz CT molecular complexity index is 822. The highest BCUT2D eigenvalue weighted by Gasteiger charge is 2.13. The van der Waals surface area contributed by atoms with Crippen LogP contribution in [0, 0.1) is 6.92 Å². The number of rotatable bonds is 8. The van der Waals surface area contributed by atoms with Gasteiger partial charge in [-0.15, -0.1) is 5.10 Å². The van der Waals surface area contributed by atoms with Crippen molar-refractivity contribution in [2.45, 2.75) is 19.0 Å². The maximum absolute atomic E-state index is 5.77. The molecule has 0 spiro atoms.